The summed E-state index contributed by atoms with van der Waals surface area (Å²) < 4.78 is 5.07. The van der Waals surface area contributed by atoms with Crippen LogP contribution in [0.2, 0.25) is 5.02 Å². The number of hydrogen-bond donors (Lipinski definition) is 2. The van der Waals surface area contributed by atoms with Crippen LogP contribution in [0.25, 0.3) is 17.1 Å². The van der Waals surface area contributed by atoms with Crippen molar-refractivity contribution in [2.24, 2.45) is 0 Å². The van der Waals surface area contributed by atoms with Gasteiger partial charge in [0, 0.05) is 0 Å². The minimum atomic E-state index is -0.125. The Labute approximate surface area is 147 Å². The van der Waals surface area contributed by atoms with Gasteiger partial charge in [0.2, 0.25) is 0 Å². The summed E-state index contributed by atoms with van der Waals surface area (Å²) >= 11 is 7.19. The Morgan fingerprint density at radius 1 is 1.42 bits per heavy atom. The first-order valence-corrected chi connectivity index (χ1v) is 8.11. The second-order valence-corrected chi connectivity index (χ2v) is 6.27. The van der Waals surface area contributed by atoms with E-state index in [2.05, 4.69) is 16.0 Å². The van der Waals surface area contributed by atoms with E-state index in [-0.39, 0.29) is 16.5 Å². The van der Waals surface area contributed by atoms with Crippen LogP contribution in [-0.4, -0.2) is 22.2 Å². The van der Waals surface area contributed by atoms with Gasteiger partial charge in [0.05, 0.1) is 28.1 Å². The molecule has 24 heavy (non-hydrogen) atoms. The standard InChI is InChI=1S/C17H12ClN3O2S/c1-23-15-8-10(7-12(18)16(15)22)6-11(9-19)24-17-20-13-4-2-3-5-14(13)21-17/h2-8,22H,1H3,(H,20,21)/b11-6+. The molecule has 5 nitrogen and oxygen atoms in total. The number of nitrogens with zero attached hydrogens (tertiary/aromatic N) is 2. The number of benzene rings is 2. The number of thioether (sulfide) groups is 1. The van der Waals surface area contributed by atoms with Crippen LogP contribution in [0.3, 0.4) is 0 Å². The number of methoxy groups -OCH3 is 1. The number of aromatic nitrogens is 2. The van der Waals surface area contributed by atoms with Crippen molar-refractivity contribution in [3.63, 3.8) is 0 Å². The van der Waals surface area contributed by atoms with Crippen molar-refractivity contribution >= 4 is 40.5 Å². The number of ether oxygens (including phenoxy) is 1. The Bertz CT molecular complexity index is 943. The number of rotatable bonds is 4. The predicted molar refractivity (Wildman–Crippen MR) is 95.2 cm³/mol. The number of fused-ring (bicyclic) bond motifs is 1. The first-order chi connectivity index (χ1) is 11.6. The van der Waals surface area contributed by atoms with Gasteiger partial charge in [-0.15, -0.1) is 0 Å². The lowest BCUT2D eigenvalue weighted by molar-refractivity contribution is 0.373. The van der Waals surface area contributed by atoms with Crippen LogP contribution in [0.5, 0.6) is 11.5 Å². The SMILES string of the molecule is COc1cc(/C=C(\C#N)Sc2nc3ccccc3[nH]2)cc(Cl)c1O. The lowest BCUT2D eigenvalue weighted by Crippen LogP contribution is -1.86. The summed E-state index contributed by atoms with van der Waals surface area (Å²) in [6.07, 6.45) is 1.66. The van der Waals surface area contributed by atoms with E-state index in [4.69, 9.17) is 16.3 Å². The maximum Gasteiger partial charge on any atom is 0.176 e. The van der Waals surface area contributed by atoms with Crippen LogP contribution in [0.15, 0.2) is 46.5 Å². The zero-order chi connectivity index (χ0) is 17.1. The molecule has 0 aliphatic heterocycles. The van der Waals surface area contributed by atoms with Crippen molar-refractivity contribution in [2.75, 3.05) is 7.11 Å². The summed E-state index contributed by atoms with van der Waals surface area (Å²) in [7, 11) is 1.44. The number of phenols is 1. The molecule has 2 N–H and O–H groups in total. The number of phenolic OH excluding ortho intramolecular Hbond substituents is 1. The van der Waals surface area contributed by atoms with Crippen LogP contribution in [0.1, 0.15) is 5.56 Å². The van der Waals surface area contributed by atoms with E-state index in [1.807, 2.05) is 24.3 Å². The molecule has 2 aromatic carbocycles. The lowest BCUT2D eigenvalue weighted by atomic mass is 10.2. The fourth-order valence-electron chi connectivity index (χ4n) is 2.15. The predicted octanol–water partition coefficient (Wildman–Crippen LogP) is 4.59. The van der Waals surface area contributed by atoms with Gasteiger partial charge in [0.15, 0.2) is 16.7 Å². The highest BCUT2D eigenvalue weighted by molar-refractivity contribution is 8.03. The van der Waals surface area contributed by atoms with E-state index >= 15 is 0 Å². The van der Waals surface area contributed by atoms with Crippen molar-refractivity contribution in [2.45, 2.75) is 5.16 Å². The highest BCUT2D eigenvalue weighted by Crippen LogP contribution is 2.36. The molecule has 0 spiro atoms. The number of imidazole rings is 1. The summed E-state index contributed by atoms with van der Waals surface area (Å²) in [5.74, 6) is 0.125. The maximum atomic E-state index is 9.77. The van der Waals surface area contributed by atoms with Gasteiger partial charge in [0.1, 0.15) is 6.07 Å². The average Bonchev–Trinajstić information content (AvgIpc) is 2.99. The molecule has 0 aliphatic rings. The van der Waals surface area contributed by atoms with Crippen molar-refractivity contribution in [3.8, 4) is 17.6 Å². The lowest BCUT2D eigenvalue weighted by Gasteiger charge is -2.06. The molecule has 0 aliphatic carbocycles. The first kappa shape index (κ1) is 16.2. The third-order valence-corrected chi connectivity index (χ3v) is 4.36. The third-order valence-electron chi connectivity index (χ3n) is 3.25. The summed E-state index contributed by atoms with van der Waals surface area (Å²) in [5.41, 5.74) is 2.40. The average molecular weight is 358 g/mol. The van der Waals surface area contributed by atoms with Crippen LogP contribution in [0.4, 0.5) is 0 Å². The molecular weight excluding hydrogens is 346 g/mol. The van der Waals surface area contributed by atoms with Gasteiger partial charge in [-0.1, -0.05) is 23.7 Å². The van der Waals surface area contributed by atoms with Crippen molar-refractivity contribution < 1.29 is 9.84 Å². The van der Waals surface area contributed by atoms with Crippen molar-refractivity contribution in [1.82, 2.24) is 9.97 Å². The molecule has 120 valence electrons. The van der Waals surface area contributed by atoms with Gasteiger partial charge in [-0.25, -0.2) is 4.98 Å². The van der Waals surface area contributed by atoms with Gasteiger partial charge in [-0.05, 0) is 47.7 Å². The number of nitrogens with one attached hydrogen (secondary N) is 1. The number of aromatic hydroxyl groups is 1. The Morgan fingerprint density at radius 3 is 2.92 bits per heavy atom. The summed E-state index contributed by atoms with van der Waals surface area (Å²) in [4.78, 5) is 8.02. The molecular formula is C17H12ClN3O2S. The molecule has 3 aromatic rings. The van der Waals surface area contributed by atoms with Crippen LogP contribution in [-0.2, 0) is 0 Å². The van der Waals surface area contributed by atoms with E-state index in [1.54, 1.807) is 18.2 Å². The number of halogens is 1. The van der Waals surface area contributed by atoms with E-state index in [1.165, 1.54) is 18.9 Å². The van der Waals surface area contributed by atoms with Crippen LogP contribution < -0.4 is 4.74 Å². The summed E-state index contributed by atoms with van der Waals surface area (Å²) in [6, 6.07) is 13.0. The zero-order valence-corrected chi connectivity index (χ0v) is 14.1. The Kier molecular flexibility index (Phi) is 4.65. The Hall–Kier alpha value is -2.62. The minimum absolute atomic E-state index is 0.125. The molecule has 0 unspecified atom stereocenters. The van der Waals surface area contributed by atoms with E-state index in [0.717, 1.165) is 11.0 Å². The molecule has 0 saturated heterocycles. The van der Waals surface area contributed by atoms with Gasteiger partial charge in [-0.2, -0.15) is 5.26 Å². The van der Waals surface area contributed by atoms with Gasteiger partial charge in [0.25, 0.3) is 0 Å². The van der Waals surface area contributed by atoms with Crippen molar-refractivity contribution in [3.05, 3.63) is 51.9 Å². The number of nitriles is 1. The largest absolute Gasteiger partial charge is 0.503 e. The van der Waals surface area contributed by atoms with Crippen molar-refractivity contribution in [1.29, 1.82) is 5.26 Å². The minimum Gasteiger partial charge on any atom is -0.503 e. The molecule has 0 bridgehead atoms. The Balaban J connectivity index is 1.92. The smallest absolute Gasteiger partial charge is 0.176 e. The maximum absolute atomic E-state index is 9.77. The van der Waals surface area contributed by atoms with Gasteiger partial charge >= 0.3 is 0 Å². The number of para-hydroxylation sites is 2. The van der Waals surface area contributed by atoms with Crippen LogP contribution >= 0.6 is 23.4 Å². The zero-order valence-electron chi connectivity index (χ0n) is 12.6. The first-order valence-electron chi connectivity index (χ1n) is 6.91. The van der Waals surface area contributed by atoms with E-state index in [0.29, 0.717) is 15.6 Å². The number of H-pyrrole nitrogens is 1. The molecule has 0 fully saturated rings. The number of allylic oxidation sites excluding steroid dienone is 1. The van der Waals surface area contributed by atoms with E-state index < -0.39 is 0 Å². The molecule has 0 radical (unpaired) electrons. The molecule has 1 heterocycles. The molecule has 7 heteroatoms. The molecule has 0 amide bonds. The molecule has 1 aromatic heterocycles. The molecule has 0 saturated carbocycles. The van der Waals surface area contributed by atoms with E-state index in [9.17, 15) is 10.4 Å². The second kappa shape index (κ2) is 6.87. The highest BCUT2D eigenvalue weighted by atomic mass is 35.5. The number of hydrogen-bond acceptors (Lipinski definition) is 5. The topological polar surface area (TPSA) is 81.9 Å². The number of aromatic amines is 1. The highest BCUT2D eigenvalue weighted by Gasteiger charge is 2.10. The molecule has 3 rings (SSSR count). The second-order valence-electron chi connectivity index (χ2n) is 4.84. The third kappa shape index (κ3) is 3.32. The summed E-state index contributed by atoms with van der Waals surface area (Å²) in [5, 5.41) is 19.9. The fraction of sp³-hybridized carbons (Fsp3) is 0.0588. The van der Waals surface area contributed by atoms with Crippen LogP contribution in [0, 0.1) is 11.3 Å². The Morgan fingerprint density at radius 2 is 2.21 bits per heavy atom. The van der Waals surface area contributed by atoms with Gasteiger partial charge in [-0.3, -0.25) is 0 Å². The quantitative estimate of drug-likeness (QED) is 0.527. The van der Waals surface area contributed by atoms with Gasteiger partial charge < -0.3 is 14.8 Å². The normalized spacial score (nSPS) is 11.5. The summed E-state index contributed by atoms with van der Waals surface area (Å²) in [6.45, 7) is 0. The monoisotopic (exact) mass is 357 g/mol. The fourth-order valence-corrected chi connectivity index (χ4v) is 3.12. The molecule has 0 atom stereocenters.